The van der Waals surface area contributed by atoms with Crippen molar-refractivity contribution in [3.63, 3.8) is 0 Å². The Kier molecular flexibility index (Phi) is 14.4. The largest absolute Gasteiger partial charge is 0.0654 e. The van der Waals surface area contributed by atoms with E-state index in [9.17, 15) is 0 Å². The first-order valence-electron chi connectivity index (χ1n) is 9.06. The molecule has 115 valence electrons. The summed E-state index contributed by atoms with van der Waals surface area (Å²) >= 11 is 0. The average molecular weight is 268 g/mol. The van der Waals surface area contributed by atoms with Gasteiger partial charge in [-0.25, -0.2) is 0 Å². The highest BCUT2D eigenvalue weighted by atomic mass is 14.2. The highest BCUT2D eigenvalue weighted by Crippen LogP contribution is 2.24. The number of hydrogen-bond donors (Lipinski definition) is 0. The maximum Gasteiger partial charge on any atom is -0.0386 e. The van der Waals surface area contributed by atoms with Crippen molar-refractivity contribution in [2.24, 2.45) is 11.8 Å². The van der Waals surface area contributed by atoms with Crippen LogP contribution in [0.4, 0.5) is 0 Å². The van der Waals surface area contributed by atoms with Crippen molar-refractivity contribution in [2.45, 2.75) is 105 Å². The zero-order valence-electron chi connectivity index (χ0n) is 14.2. The topological polar surface area (TPSA) is 0 Å². The standard InChI is InChI=1S/C19H39/c1-5-8-9-10-11-12-15-18(4)16-17-19(13-6-2)14-7-3/h11,18-19H,5-10,12-17H2,1-4H3. The van der Waals surface area contributed by atoms with Gasteiger partial charge in [0, 0.05) is 0 Å². The molecule has 0 heterocycles. The van der Waals surface area contributed by atoms with Gasteiger partial charge in [-0.05, 0) is 24.7 Å². The molecule has 1 radical (unpaired) electrons. The Morgan fingerprint density at radius 3 is 1.95 bits per heavy atom. The highest BCUT2D eigenvalue weighted by molar-refractivity contribution is 4.68. The quantitative estimate of drug-likeness (QED) is 0.292. The summed E-state index contributed by atoms with van der Waals surface area (Å²) in [6.45, 7) is 9.40. The molecule has 1 unspecified atom stereocenters. The van der Waals surface area contributed by atoms with E-state index in [1.807, 2.05) is 0 Å². The molecule has 0 rings (SSSR count). The lowest BCUT2D eigenvalue weighted by Gasteiger charge is -2.18. The van der Waals surface area contributed by atoms with Crippen LogP contribution in [-0.2, 0) is 0 Å². The summed E-state index contributed by atoms with van der Waals surface area (Å²) < 4.78 is 0. The summed E-state index contributed by atoms with van der Waals surface area (Å²) in [6.07, 6.45) is 19.3. The predicted octanol–water partition coefficient (Wildman–Crippen LogP) is 7.18. The zero-order valence-corrected chi connectivity index (χ0v) is 14.2. The van der Waals surface area contributed by atoms with Gasteiger partial charge in [0.2, 0.25) is 0 Å². The molecule has 0 saturated carbocycles. The van der Waals surface area contributed by atoms with Crippen molar-refractivity contribution in [1.29, 1.82) is 0 Å². The zero-order chi connectivity index (χ0) is 14.3. The molecule has 0 fully saturated rings. The lowest BCUT2D eigenvalue weighted by Crippen LogP contribution is -2.04. The van der Waals surface area contributed by atoms with Crippen LogP contribution in [0.1, 0.15) is 105 Å². The smallest absolute Gasteiger partial charge is 0.0386 e. The fraction of sp³-hybridized carbons (Fsp3) is 0.947. The van der Waals surface area contributed by atoms with Crippen LogP contribution < -0.4 is 0 Å². The summed E-state index contributed by atoms with van der Waals surface area (Å²) in [7, 11) is 0. The van der Waals surface area contributed by atoms with Gasteiger partial charge < -0.3 is 0 Å². The Balaban J connectivity index is 3.47. The van der Waals surface area contributed by atoms with E-state index in [2.05, 4.69) is 34.1 Å². The first-order valence-corrected chi connectivity index (χ1v) is 9.06. The molecule has 0 aromatic rings. The molecule has 0 aliphatic carbocycles. The van der Waals surface area contributed by atoms with Crippen LogP contribution in [-0.4, -0.2) is 0 Å². The van der Waals surface area contributed by atoms with Gasteiger partial charge >= 0.3 is 0 Å². The van der Waals surface area contributed by atoms with Crippen molar-refractivity contribution in [2.75, 3.05) is 0 Å². The molecule has 0 aliphatic heterocycles. The van der Waals surface area contributed by atoms with Gasteiger partial charge in [0.1, 0.15) is 0 Å². The second kappa shape index (κ2) is 14.4. The number of hydrogen-bond acceptors (Lipinski definition) is 0. The Bertz CT molecular complexity index is 155. The maximum atomic E-state index is 2.53. The third kappa shape index (κ3) is 12.8. The number of rotatable bonds is 14. The third-order valence-electron chi connectivity index (χ3n) is 4.34. The molecule has 0 N–H and O–H groups in total. The predicted molar refractivity (Wildman–Crippen MR) is 89.4 cm³/mol. The normalized spacial score (nSPS) is 13.1. The fourth-order valence-electron chi connectivity index (χ4n) is 3.00. The summed E-state index contributed by atoms with van der Waals surface area (Å²) in [5, 5.41) is 0. The second-order valence-electron chi connectivity index (χ2n) is 6.49. The fourth-order valence-corrected chi connectivity index (χ4v) is 3.00. The van der Waals surface area contributed by atoms with Crippen LogP contribution in [0.2, 0.25) is 0 Å². The summed E-state index contributed by atoms with van der Waals surface area (Å²) in [5.41, 5.74) is 0. The minimum Gasteiger partial charge on any atom is -0.0654 e. The van der Waals surface area contributed by atoms with Crippen molar-refractivity contribution in [1.82, 2.24) is 0 Å². The Morgan fingerprint density at radius 2 is 1.37 bits per heavy atom. The molecular formula is C19H39. The molecule has 0 aliphatic rings. The van der Waals surface area contributed by atoms with E-state index in [-0.39, 0.29) is 0 Å². The van der Waals surface area contributed by atoms with Gasteiger partial charge in [-0.2, -0.15) is 0 Å². The molecule has 0 spiro atoms. The van der Waals surface area contributed by atoms with E-state index in [1.165, 1.54) is 77.0 Å². The van der Waals surface area contributed by atoms with E-state index in [4.69, 9.17) is 0 Å². The molecule has 1 atom stereocenters. The van der Waals surface area contributed by atoms with Crippen molar-refractivity contribution >= 4 is 0 Å². The van der Waals surface area contributed by atoms with E-state index in [0.717, 1.165) is 11.8 Å². The molecule has 0 nitrogen and oxygen atoms in total. The van der Waals surface area contributed by atoms with Crippen molar-refractivity contribution in [3.05, 3.63) is 6.42 Å². The van der Waals surface area contributed by atoms with Crippen molar-refractivity contribution < 1.29 is 0 Å². The van der Waals surface area contributed by atoms with Gasteiger partial charge in [-0.15, -0.1) is 0 Å². The van der Waals surface area contributed by atoms with Crippen LogP contribution in [0.25, 0.3) is 0 Å². The Labute approximate surface area is 123 Å². The monoisotopic (exact) mass is 267 g/mol. The van der Waals surface area contributed by atoms with E-state index >= 15 is 0 Å². The maximum absolute atomic E-state index is 2.53. The van der Waals surface area contributed by atoms with Gasteiger partial charge in [0.15, 0.2) is 0 Å². The molecular weight excluding hydrogens is 228 g/mol. The highest BCUT2D eigenvalue weighted by Gasteiger charge is 2.09. The lowest BCUT2D eigenvalue weighted by atomic mass is 9.88. The molecule has 0 heteroatoms. The Morgan fingerprint density at radius 1 is 0.684 bits per heavy atom. The summed E-state index contributed by atoms with van der Waals surface area (Å²) in [6, 6.07) is 0. The van der Waals surface area contributed by atoms with E-state index in [0.29, 0.717) is 0 Å². The first kappa shape index (κ1) is 19.0. The molecule has 0 saturated heterocycles. The minimum absolute atomic E-state index is 0.929. The SMILES string of the molecule is CCCCC[CH]CCC(C)CCC(CCC)CCC. The Hall–Kier alpha value is 0. The van der Waals surface area contributed by atoms with Crippen LogP contribution in [0, 0.1) is 18.3 Å². The minimum atomic E-state index is 0.929. The molecule has 0 amide bonds. The van der Waals surface area contributed by atoms with Gasteiger partial charge in [-0.1, -0.05) is 98.3 Å². The van der Waals surface area contributed by atoms with Crippen LogP contribution in [0.3, 0.4) is 0 Å². The second-order valence-corrected chi connectivity index (χ2v) is 6.49. The summed E-state index contributed by atoms with van der Waals surface area (Å²) in [4.78, 5) is 0. The lowest BCUT2D eigenvalue weighted by molar-refractivity contribution is 0.354. The molecule has 0 aromatic carbocycles. The van der Waals surface area contributed by atoms with E-state index in [1.54, 1.807) is 0 Å². The van der Waals surface area contributed by atoms with Gasteiger partial charge in [0.05, 0.1) is 0 Å². The molecule has 19 heavy (non-hydrogen) atoms. The van der Waals surface area contributed by atoms with Crippen LogP contribution in [0.5, 0.6) is 0 Å². The van der Waals surface area contributed by atoms with Crippen LogP contribution in [0.15, 0.2) is 0 Å². The number of unbranched alkanes of at least 4 members (excludes halogenated alkanes) is 5. The molecule has 0 aromatic heterocycles. The van der Waals surface area contributed by atoms with Gasteiger partial charge in [0.25, 0.3) is 0 Å². The first-order chi connectivity index (χ1) is 9.24. The summed E-state index contributed by atoms with van der Waals surface area (Å²) in [5.74, 6) is 1.93. The molecule has 0 bridgehead atoms. The van der Waals surface area contributed by atoms with E-state index < -0.39 is 0 Å². The third-order valence-corrected chi connectivity index (χ3v) is 4.34. The average Bonchev–Trinajstić information content (AvgIpc) is 2.40. The van der Waals surface area contributed by atoms with Gasteiger partial charge in [-0.3, -0.25) is 0 Å². The van der Waals surface area contributed by atoms with Crippen LogP contribution >= 0.6 is 0 Å². The van der Waals surface area contributed by atoms with Crippen molar-refractivity contribution in [3.8, 4) is 0 Å².